The number of methoxy groups -OCH3 is 1. The summed E-state index contributed by atoms with van der Waals surface area (Å²) in [7, 11) is 1.69. The van der Waals surface area contributed by atoms with Crippen molar-refractivity contribution in [3.05, 3.63) is 35.6 Å². The fourth-order valence-corrected chi connectivity index (χ4v) is 4.86. The number of fused-ring (bicyclic) bond motifs is 3. The minimum absolute atomic E-state index is 0.419. The first-order chi connectivity index (χ1) is 15.5. The number of aryl methyl sites for hydroxylation is 2. The Kier molecular flexibility index (Phi) is 6.46. The fraction of sp³-hybridized carbons (Fsp3) is 0.480. The van der Waals surface area contributed by atoms with Gasteiger partial charge in [-0.25, -0.2) is 4.98 Å². The zero-order chi connectivity index (χ0) is 22.8. The predicted octanol–water partition coefficient (Wildman–Crippen LogP) is 5.51. The van der Waals surface area contributed by atoms with Crippen LogP contribution < -0.4 is 10.5 Å². The average molecular weight is 436 g/mol. The third-order valence-electron chi connectivity index (χ3n) is 6.22. The van der Waals surface area contributed by atoms with Gasteiger partial charge in [-0.2, -0.15) is 0 Å². The Morgan fingerprint density at radius 2 is 1.88 bits per heavy atom. The largest absolute Gasteiger partial charge is 0.496 e. The molecule has 0 saturated heterocycles. The van der Waals surface area contributed by atoms with Crippen molar-refractivity contribution >= 4 is 21.9 Å². The van der Waals surface area contributed by atoms with Crippen molar-refractivity contribution in [3.63, 3.8) is 0 Å². The summed E-state index contributed by atoms with van der Waals surface area (Å²) in [5, 5.41) is 5.14. The number of hydrogen-bond donors (Lipinski definition) is 1. The Labute approximate surface area is 189 Å². The lowest BCUT2D eigenvalue weighted by Gasteiger charge is -2.18. The summed E-state index contributed by atoms with van der Waals surface area (Å²) in [6.07, 6.45) is 6.38. The van der Waals surface area contributed by atoms with Crippen LogP contribution in [0, 0.1) is 13.8 Å². The van der Waals surface area contributed by atoms with Crippen molar-refractivity contribution in [2.75, 3.05) is 13.7 Å². The average Bonchev–Trinajstić information content (AvgIpc) is 3.32. The molecule has 0 aliphatic carbocycles. The molecule has 0 spiro atoms. The number of hydrogen-bond acceptors (Lipinski definition) is 6. The molecule has 0 atom stereocenters. The highest BCUT2D eigenvalue weighted by Gasteiger charge is 2.23. The highest BCUT2D eigenvalue weighted by molar-refractivity contribution is 6.05. The Bertz CT molecular complexity index is 1220. The summed E-state index contributed by atoms with van der Waals surface area (Å²) in [6, 6.07) is 4.13. The number of imidazole rings is 1. The number of nitrogens with zero attached hydrogens (tertiary/aromatic N) is 4. The number of aromatic nitrogens is 4. The Hall–Kier alpha value is -2.93. The summed E-state index contributed by atoms with van der Waals surface area (Å²) < 4.78 is 13.5. The molecule has 7 nitrogen and oxygen atoms in total. The second kappa shape index (κ2) is 9.28. The van der Waals surface area contributed by atoms with Crippen LogP contribution in [0.1, 0.15) is 62.7 Å². The molecule has 0 fully saturated rings. The highest BCUT2D eigenvalue weighted by atomic mass is 16.5. The number of nitrogens with two attached hydrogens (primary N) is 1. The van der Waals surface area contributed by atoms with Crippen LogP contribution in [-0.2, 0) is 6.54 Å². The Balaban J connectivity index is 2.00. The molecule has 1 aromatic carbocycles. The molecular weight excluding hydrogens is 402 g/mol. The zero-order valence-corrected chi connectivity index (χ0v) is 19.7. The maximum absolute atomic E-state index is 6.04. The van der Waals surface area contributed by atoms with E-state index in [-0.39, 0.29) is 0 Å². The van der Waals surface area contributed by atoms with Crippen molar-refractivity contribution in [2.45, 2.75) is 65.8 Å². The second-order valence-corrected chi connectivity index (χ2v) is 8.45. The van der Waals surface area contributed by atoms with E-state index in [9.17, 15) is 0 Å². The number of benzene rings is 1. The van der Waals surface area contributed by atoms with E-state index >= 15 is 0 Å². The van der Waals surface area contributed by atoms with Gasteiger partial charge >= 0.3 is 0 Å². The minimum Gasteiger partial charge on any atom is -0.496 e. The van der Waals surface area contributed by atoms with Crippen LogP contribution in [0.3, 0.4) is 0 Å². The van der Waals surface area contributed by atoms with E-state index < -0.39 is 0 Å². The summed E-state index contributed by atoms with van der Waals surface area (Å²) in [4.78, 5) is 9.82. The normalized spacial score (nSPS) is 11.8. The van der Waals surface area contributed by atoms with Crippen molar-refractivity contribution in [1.82, 2.24) is 19.7 Å². The highest BCUT2D eigenvalue weighted by Crippen LogP contribution is 2.39. The van der Waals surface area contributed by atoms with Gasteiger partial charge in [0.05, 0.1) is 35.6 Å². The number of pyridine rings is 1. The van der Waals surface area contributed by atoms with E-state index in [1.807, 2.05) is 20.0 Å². The molecular formula is C25H33N5O2. The molecule has 0 amide bonds. The predicted molar refractivity (Wildman–Crippen MR) is 128 cm³/mol. The van der Waals surface area contributed by atoms with E-state index in [1.54, 1.807) is 7.11 Å². The lowest BCUT2D eigenvalue weighted by atomic mass is 9.97. The molecule has 0 unspecified atom stereocenters. The van der Waals surface area contributed by atoms with Crippen LogP contribution in [0.4, 0.5) is 0 Å². The second-order valence-electron chi connectivity index (χ2n) is 8.45. The first-order valence-electron chi connectivity index (χ1n) is 11.5. The molecule has 3 aromatic heterocycles. The van der Waals surface area contributed by atoms with Gasteiger partial charge < -0.3 is 19.6 Å². The fourth-order valence-electron chi connectivity index (χ4n) is 4.86. The quantitative estimate of drug-likeness (QED) is 0.373. The number of rotatable bonds is 9. The van der Waals surface area contributed by atoms with E-state index in [4.69, 9.17) is 25.0 Å². The maximum atomic E-state index is 6.04. The van der Waals surface area contributed by atoms with Crippen LogP contribution in [0.15, 0.2) is 22.9 Å². The molecule has 4 aromatic rings. The molecule has 0 radical (unpaired) electrons. The topological polar surface area (TPSA) is 92.0 Å². The molecule has 32 heavy (non-hydrogen) atoms. The summed E-state index contributed by atoms with van der Waals surface area (Å²) in [5.74, 6) is 3.07. The van der Waals surface area contributed by atoms with Gasteiger partial charge in [-0.15, -0.1) is 0 Å². The molecule has 0 bridgehead atoms. The third-order valence-corrected chi connectivity index (χ3v) is 6.22. The van der Waals surface area contributed by atoms with Crippen molar-refractivity contribution < 1.29 is 9.26 Å². The number of ether oxygens (including phenoxy) is 1. The van der Waals surface area contributed by atoms with Crippen molar-refractivity contribution in [3.8, 4) is 16.9 Å². The van der Waals surface area contributed by atoms with E-state index in [0.29, 0.717) is 12.5 Å². The molecule has 170 valence electrons. The smallest absolute Gasteiger partial charge is 0.141 e. The van der Waals surface area contributed by atoms with Crippen LogP contribution in [0.25, 0.3) is 33.1 Å². The van der Waals surface area contributed by atoms with Crippen LogP contribution >= 0.6 is 0 Å². The van der Waals surface area contributed by atoms with Crippen molar-refractivity contribution in [2.24, 2.45) is 5.73 Å². The maximum Gasteiger partial charge on any atom is 0.141 e. The first kappa shape index (κ1) is 22.3. The first-order valence-corrected chi connectivity index (χ1v) is 11.5. The molecule has 2 N–H and O–H groups in total. The van der Waals surface area contributed by atoms with Crippen LogP contribution in [0.5, 0.6) is 5.75 Å². The van der Waals surface area contributed by atoms with Crippen LogP contribution in [-0.4, -0.2) is 33.3 Å². The van der Waals surface area contributed by atoms with Gasteiger partial charge in [-0.05, 0) is 38.8 Å². The summed E-state index contributed by atoms with van der Waals surface area (Å²) in [6.45, 7) is 9.60. The summed E-state index contributed by atoms with van der Waals surface area (Å²) >= 11 is 0. The standard InChI is InChI=1S/C25H33N5O2/c1-6-8-17(9-7-2)25-28-21-14-27-20-12-19(23-15(3)29-32-16(23)4)22(31-5)13-18(20)24(21)30(25)11-10-26/h12-14,17H,6-11,26H2,1-5H3. The van der Waals surface area contributed by atoms with Gasteiger partial charge in [0.1, 0.15) is 22.9 Å². The van der Waals surface area contributed by atoms with E-state index in [0.717, 1.165) is 88.3 Å². The Morgan fingerprint density at radius 3 is 2.47 bits per heavy atom. The monoisotopic (exact) mass is 435 g/mol. The zero-order valence-electron chi connectivity index (χ0n) is 19.7. The van der Waals surface area contributed by atoms with Gasteiger partial charge in [-0.3, -0.25) is 4.98 Å². The van der Waals surface area contributed by atoms with Gasteiger partial charge in [0.25, 0.3) is 0 Å². The Morgan fingerprint density at radius 1 is 1.12 bits per heavy atom. The molecule has 0 aliphatic rings. The van der Waals surface area contributed by atoms with Gasteiger partial charge in [0.15, 0.2) is 0 Å². The van der Waals surface area contributed by atoms with Crippen LogP contribution in [0.2, 0.25) is 0 Å². The van der Waals surface area contributed by atoms with Gasteiger partial charge in [0, 0.05) is 30.0 Å². The summed E-state index contributed by atoms with van der Waals surface area (Å²) in [5.41, 5.74) is 11.6. The van der Waals surface area contributed by atoms with Crippen molar-refractivity contribution in [1.29, 1.82) is 0 Å². The van der Waals surface area contributed by atoms with Gasteiger partial charge in [0.2, 0.25) is 0 Å². The molecule has 4 rings (SSSR count). The van der Waals surface area contributed by atoms with E-state index in [1.165, 1.54) is 0 Å². The SMILES string of the molecule is CCCC(CCC)c1nc2cnc3cc(-c4c(C)noc4C)c(OC)cc3c2n1CCN. The minimum atomic E-state index is 0.419. The molecule has 7 heteroatoms. The lowest BCUT2D eigenvalue weighted by Crippen LogP contribution is -2.15. The lowest BCUT2D eigenvalue weighted by molar-refractivity contribution is 0.393. The van der Waals surface area contributed by atoms with E-state index in [2.05, 4.69) is 35.7 Å². The van der Waals surface area contributed by atoms with Gasteiger partial charge in [-0.1, -0.05) is 31.8 Å². The molecule has 0 saturated carbocycles. The molecule has 3 heterocycles. The molecule has 0 aliphatic heterocycles. The third kappa shape index (κ3) is 3.75.